The van der Waals surface area contributed by atoms with E-state index in [1.54, 1.807) is 18.2 Å². The first-order valence-electron chi connectivity index (χ1n) is 5.63. The number of allylic oxidation sites excluding steroid dienone is 2. The van der Waals surface area contributed by atoms with Gasteiger partial charge in [-0.2, -0.15) is 0 Å². The van der Waals surface area contributed by atoms with Crippen LogP contribution in [0.25, 0.3) is 0 Å². The van der Waals surface area contributed by atoms with E-state index in [4.69, 9.17) is 0 Å². The van der Waals surface area contributed by atoms with Crippen molar-refractivity contribution in [1.82, 2.24) is 0 Å². The van der Waals surface area contributed by atoms with Crippen LogP contribution in [0, 0.1) is 11.8 Å². The maximum absolute atomic E-state index is 10.3. The Kier molecular flexibility index (Phi) is 3.17. The van der Waals surface area contributed by atoms with E-state index in [0.29, 0.717) is 12.8 Å². The Morgan fingerprint density at radius 3 is 2.69 bits per heavy atom. The van der Waals surface area contributed by atoms with Crippen LogP contribution in [0.15, 0.2) is 23.8 Å². The molecule has 0 aliphatic heterocycles. The summed E-state index contributed by atoms with van der Waals surface area (Å²) in [6.07, 6.45) is 5.65. The van der Waals surface area contributed by atoms with Crippen LogP contribution in [0.2, 0.25) is 0 Å². The first kappa shape index (κ1) is 11.8. The van der Waals surface area contributed by atoms with E-state index in [9.17, 15) is 20.4 Å². The quantitative estimate of drug-likeness (QED) is 0.516. The van der Waals surface area contributed by atoms with Crippen molar-refractivity contribution in [3.63, 3.8) is 0 Å². The molecule has 2 aliphatic carbocycles. The highest BCUT2D eigenvalue weighted by Crippen LogP contribution is 2.44. The Bertz CT molecular complexity index is 323. The average Bonchev–Trinajstić information content (AvgIpc) is 2.60. The lowest BCUT2D eigenvalue weighted by Crippen LogP contribution is -2.43. The molecule has 4 heteroatoms. The zero-order valence-corrected chi connectivity index (χ0v) is 9.08. The summed E-state index contributed by atoms with van der Waals surface area (Å²) in [7, 11) is 0. The average molecular weight is 226 g/mol. The lowest BCUT2D eigenvalue weighted by Gasteiger charge is -2.33. The predicted molar refractivity (Wildman–Crippen MR) is 58.6 cm³/mol. The summed E-state index contributed by atoms with van der Waals surface area (Å²) < 4.78 is 0. The topological polar surface area (TPSA) is 80.9 Å². The second kappa shape index (κ2) is 4.30. The normalized spacial score (nSPS) is 42.8. The van der Waals surface area contributed by atoms with Gasteiger partial charge in [0.25, 0.3) is 0 Å². The maximum Gasteiger partial charge on any atom is 0.109 e. The van der Waals surface area contributed by atoms with Crippen molar-refractivity contribution in [3.8, 4) is 0 Å². The van der Waals surface area contributed by atoms with E-state index in [1.165, 1.54) is 0 Å². The fourth-order valence-electron chi connectivity index (χ4n) is 2.95. The molecule has 0 radical (unpaired) electrons. The highest BCUT2D eigenvalue weighted by atomic mass is 16.3. The molecule has 0 amide bonds. The smallest absolute Gasteiger partial charge is 0.109 e. The minimum absolute atomic E-state index is 0.121. The highest BCUT2D eigenvalue weighted by molar-refractivity contribution is 5.28. The number of hydrogen-bond acceptors (Lipinski definition) is 4. The SMILES string of the molecule is OCC1=CC=C[C@@](O)(CO)[C@H]2CC[C@@H](O)[C@@H]12. The second-order valence-corrected chi connectivity index (χ2v) is 4.69. The Balaban J connectivity index is 2.37. The summed E-state index contributed by atoms with van der Waals surface area (Å²) in [4.78, 5) is 0. The molecule has 0 unspecified atom stereocenters. The van der Waals surface area contributed by atoms with Crippen molar-refractivity contribution in [3.05, 3.63) is 23.8 Å². The van der Waals surface area contributed by atoms with Gasteiger partial charge in [0.05, 0.1) is 19.3 Å². The molecule has 1 fully saturated rings. The van der Waals surface area contributed by atoms with Gasteiger partial charge < -0.3 is 20.4 Å². The van der Waals surface area contributed by atoms with Crippen LogP contribution in [0.3, 0.4) is 0 Å². The molecule has 4 atom stereocenters. The largest absolute Gasteiger partial charge is 0.393 e. The van der Waals surface area contributed by atoms with Gasteiger partial charge in [-0.25, -0.2) is 0 Å². The molecule has 0 saturated heterocycles. The Labute approximate surface area is 94.5 Å². The summed E-state index contributed by atoms with van der Waals surface area (Å²) in [6, 6.07) is 0. The number of rotatable bonds is 2. The van der Waals surface area contributed by atoms with Crippen LogP contribution < -0.4 is 0 Å². The number of aliphatic hydroxyl groups is 4. The molecule has 4 N–H and O–H groups in total. The molecule has 4 nitrogen and oxygen atoms in total. The van der Waals surface area contributed by atoms with Crippen molar-refractivity contribution in [2.24, 2.45) is 11.8 Å². The Hall–Kier alpha value is -0.680. The molecule has 2 rings (SSSR count). The molecule has 0 aromatic rings. The van der Waals surface area contributed by atoms with Crippen molar-refractivity contribution in [2.75, 3.05) is 13.2 Å². The summed E-state index contributed by atoms with van der Waals surface area (Å²) in [5.74, 6) is -0.471. The lowest BCUT2D eigenvalue weighted by atomic mass is 9.78. The fraction of sp³-hybridized carbons (Fsp3) is 0.667. The van der Waals surface area contributed by atoms with Crippen LogP contribution in [0.4, 0.5) is 0 Å². The zero-order valence-electron chi connectivity index (χ0n) is 9.08. The molecule has 0 bridgehead atoms. The molecule has 0 spiro atoms. The van der Waals surface area contributed by atoms with Gasteiger partial charge in [-0.05, 0) is 18.4 Å². The molecular formula is C12H18O4. The van der Waals surface area contributed by atoms with Crippen LogP contribution in [0.5, 0.6) is 0 Å². The standard InChI is InChI=1S/C12H18O4/c13-6-8-2-1-5-12(16,7-14)9-3-4-10(15)11(8)9/h1-2,5,9-11,13-16H,3-4,6-7H2/t9-,10+,11-,12+/m0/s1. The van der Waals surface area contributed by atoms with Crippen LogP contribution in [0.1, 0.15) is 12.8 Å². The third-order valence-corrected chi connectivity index (χ3v) is 3.82. The van der Waals surface area contributed by atoms with Crippen LogP contribution >= 0.6 is 0 Å². The highest BCUT2D eigenvalue weighted by Gasteiger charge is 2.47. The molecule has 1 saturated carbocycles. The van der Waals surface area contributed by atoms with Gasteiger partial charge in [-0.3, -0.25) is 0 Å². The molecular weight excluding hydrogens is 208 g/mol. The summed E-state index contributed by atoms with van der Waals surface area (Å²) >= 11 is 0. The molecule has 0 aromatic heterocycles. The third-order valence-electron chi connectivity index (χ3n) is 3.82. The Morgan fingerprint density at radius 2 is 2.06 bits per heavy atom. The van der Waals surface area contributed by atoms with E-state index >= 15 is 0 Å². The van der Waals surface area contributed by atoms with E-state index in [0.717, 1.165) is 5.57 Å². The van der Waals surface area contributed by atoms with Gasteiger partial charge >= 0.3 is 0 Å². The number of aliphatic hydroxyl groups excluding tert-OH is 3. The van der Waals surface area contributed by atoms with E-state index in [2.05, 4.69) is 0 Å². The fourth-order valence-corrected chi connectivity index (χ4v) is 2.95. The molecule has 0 aromatic carbocycles. The van der Waals surface area contributed by atoms with Crippen molar-refractivity contribution in [2.45, 2.75) is 24.5 Å². The van der Waals surface area contributed by atoms with E-state index in [1.807, 2.05) is 0 Å². The van der Waals surface area contributed by atoms with Crippen molar-refractivity contribution >= 4 is 0 Å². The zero-order chi connectivity index (χ0) is 11.8. The van der Waals surface area contributed by atoms with Crippen molar-refractivity contribution < 1.29 is 20.4 Å². The predicted octanol–water partition coefficient (Wildman–Crippen LogP) is -0.415. The first-order valence-corrected chi connectivity index (χ1v) is 5.63. The van der Waals surface area contributed by atoms with Crippen LogP contribution in [-0.4, -0.2) is 45.3 Å². The van der Waals surface area contributed by atoms with E-state index in [-0.39, 0.29) is 25.0 Å². The summed E-state index contributed by atoms with van der Waals surface area (Å²) in [5, 5.41) is 38.8. The maximum atomic E-state index is 10.3. The van der Waals surface area contributed by atoms with Gasteiger partial charge in [-0.15, -0.1) is 0 Å². The third kappa shape index (κ3) is 1.72. The van der Waals surface area contributed by atoms with Gasteiger partial charge in [0.15, 0.2) is 0 Å². The van der Waals surface area contributed by atoms with Gasteiger partial charge in [-0.1, -0.05) is 18.2 Å². The Morgan fingerprint density at radius 1 is 1.31 bits per heavy atom. The first-order chi connectivity index (χ1) is 7.62. The molecule has 2 aliphatic rings. The minimum atomic E-state index is -1.28. The lowest BCUT2D eigenvalue weighted by molar-refractivity contribution is -0.0384. The molecule has 90 valence electrons. The monoisotopic (exact) mass is 226 g/mol. The number of hydrogen-bond donors (Lipinski definition) is 4. The summed E-state index contributed by atoms with van der Waals surface area (Å²) in [6.45, 7) is -0.478. The molecule has 16 heavy (non-hydrogen) atoms. The number of fused-ring (bicyclic) bond motifs is 1. The minimum Gasteiger partial charge on any atom is -0.393 e. The molecule has 0 heterocycles. The second-order valence-electron chi connectivity index (χ2n) is 4.69. The summed E-state index contributed by atoms with van der Waals surface area (Å²) in [5.41, 5.74) is -0.550. The van der Waals surface area contributed by atoms with Crippen LogP contribution in [-0.2, 0) is 0 Å². The van der Waals surface area contributed by atoms with Gasteiger partial charge in [0, 0.05) is 11.8 Å². The van der Waals surface area contributed by atoms with E-state index < -0.39 is 11.7 Å². The van der Waals surface area contributed by atoms with Crippen molar-refractivity contribution in [1.29, 1.82) is 0 Å². The van der Waals surface area contributed by atoms with Gasteiger partial charge in [0.1, 0.15) is 5.60 Å². The van der Waals surface area contributed by atoms with Gasteiger partial charge in [0.2, 0.25) is 0 Å².